The SMILES string of the molecule is O=C[C@H](C[C@@H]1CCNC1=O)NC(=O)[C@H](CC1CCCCC1)n1ccc2cc[nH]c2c1=O. The van der Waals surface area contributed by atoms with Crippen LogP contribution in [0.2, 0.25) is 0 Å². The van der Waals surface area contributed by atoms with E-state index in [4.69, 9.17) is 0 Å². The summed E-state index contributed by atoms with van der Waals surface area (Å²) in [6.07, 6.45) is 11.1. The largest absolute Gasteiger partial charge is 0.357 e. The van der Waals surface area contributed by atoms with Crippen molar-refractivity contribution in [2.24, 2.45) is 11.8 Å². The summed E-state index contributed by atoms with van der Waals surface area (Å²) in [5.74, 6) is -0.321. The third-order valence-corrected chi connectivity index (χ3v) is 6.76. The van der Waals surface area contributed by atoms with E-state index in [2.05, 4.69) is 15.6 Å². The van der Waals surface area contributed by atoms with Gasteiger partial charge in [-0.05, 0) is 37.3 Å². The Morgan fingerprint density at radius 3 is 2.68 bits per heavy atom. The second kappa shape index (κ2) is 9.49. The van der Waals surface area contributed by atoms with Gasteiger partial charge in [-0.2, -0.15) is 0 Å². The Labute approximate surface area is 180 Å². The normalized spacial score (nSPS) is 21.5. The van der Waals surface area contributed by atoms with E-state index in [1.807, 2.05) is 12.1 Å². The van der Waals surface area contributed by atoms with E-state index in [1.54, 1.807) is 12.4 Å². The molecule has 8 nitrogen and oxygen atoms in total. The Bertz CT molecular complexity index is 1000. The first-order valence-corrected chi connectivity index (χ1v) is 11.3. The van der Waals surface area contributed by atoms with Gasteiger partial charge in [-0.25, -0.2) is 0 Å². The minimum Gasteiger partial charge on any atom is -0.357 e. The third-order valence-electron chi connectivity index (χ3n) is 6.76. The van der Waals surface area contributed by atoms with E-state index in [0.29, 0.717) is 37.1 Å². The standard InChI is InChI=1S/C23H30N4O4/c28-14-18(13-17-7-10-25-21(17)29)26-22(30)19(12-15-4-2-1-3-5-15)27-11-8-16-6-9-24-20(16)23(27)31/h6,8-9,11,14-15,17-19,24H,1-5,7,10,12-13H2,(H,25,29)(H,26,30)/t17-,18-,19-/m0/s1. The molecule has 8 heteroatoms. The van der Waals surface area contributed by atoms with Crippen LogP contribution in [0.3, 0.4) is 0 Å². The van der Waals surface area contributed by atoms with Crippen LogP contribution in [0, 0.1) is 11.8 Å². The number of aromatic amines is 1. The summed E-state index contributed by atoms with van der Waals surface area (Å²) in [5.41, 5.74) is 0.231. The number of pyridine rings is 1. The first-order chi connectivity index (χ1) is 15.1. The van der Waals surface area contributed by atoms with Gasteiger partial charge in [0.05, 0.1) is 6.04 Å². The molecule has 1 saturated carbocycles. The number of hydrogen-bond acceptors (Lipinski definition) is 4. The van der Waals surface area contributed by atoms with E-state index in [1.165, 1.54) is 11.0 Å². The van der Waals surface area contributed by atoms with Crippen LogP contribution >= 0.6 is 0 Å². The highest BCUT2D eigenvalue weighted by atomic mass is 16.2. The maximum atomic E-state index is 13.3. The van der Waals surface area contributed by atoms with E-state index >= 15 is 0 Å². The quantitative estimate of drug-likeness (QED) is 0.561. The predicted octanol–water partition coefficient (Wildman–Crippen LogP) is 2.05. The average Bonchev–Trinajstić information content (AvgIpc) is 3.42. The second-order valence-corrected chi connectivity index (χ2v) is 8.86. The van der Waals surface area contributed by atoms with E-state index < -0.39 is 12.1 Å². The molecule has 2 aromatic heterocycles. The molecule has 1 aliphatic carbocycles. The fourth-order valence-corrected chi connectivity index (χ4v) is 5.00. The molecule has 0 aromatic carbocycles. The summed E-state index contributed by atoms with van der Waals surface area (Å²) in [7, 11) is 0. The zero-order valence-electron chi connectivity index (χ0n) is 17.6. The van der Waals surface area contributed by atoms with Gasteiger partial charge in [0.15, 0.2) is 0 Å². The Hall–Kier alpha value is -2.90. The van der Waals surface area contributed by atoms with Crippen molar-refractivity contribution in [2.75, 3.05) is 6.54 Å². The highest BCUT2D eigenvalue weighted by Gasteiger charge is 2.31. The smallest absolute Gasteiger partial charge is 0.275 e. The number of H-pyrrole nitrogens is 1. The van der Waals surface area contributed by atoms with Crippen LogP contribution in [-0.4, -0.2) is 40.2 Å². The zero-order chi connectivity index (χ0) is 21.8. The highest BCUT2D eigenvalue weighted by molar-refractivity contribution is 5.85. The monoisotopic (exact) mass is 426 g/mol. The molecule has 2 aliphatic rings. The first kappa shape index (κ1) is 21.3. The minimum absolute atomic E-state index is 0.0757. The molecule has 31 heavy (non-hydrogen) atoms. The van der Waals surface area contributed by atoms with Gasteiger partial charge in [0.2, 0.25) is 11.8 Å². The number of hydrogen-bond donors (Lipinski definition) is 3. The molecule has 3 N–H and O–H groups in total. The number of nitrogens with one attached hydrogen (secondary N) is 3. The summed E-state index contributed by atoms with van der Waals surface area (Å²) < 4.78 is 1.49. The molecule has 2 amide bonds. The first-order valence-electron chi connectivity index (χ1n) is 11.3. The van der Waals surface area contributed by atoms with Gasteiger partial charge in [0, 0.05) is 30.2 Å². The van der Waals surface area contributed by atoms with Gasteiger partial charge in [0.25, 0.3) is 5.56 Å². The van der Waals surface area contributed by atoms with Crippen molar-refractivity contribution < 1.29 is 14.4 Å². The molecule has 1 saturated heterocycles. The topological polar surface area (TPSA) is 113 Å². The summed E-state index contributed by atoms with van der Waals surface area (Å²) in [4.78, 5) is 52.9. The molecule has 2 fully saturated rings. The van der Waals surface area contributed by atoms with Crippen molar-refractivity contribution in [3.63, 3.8) is 0 Å². The van der Waals surface area contributed by atoms with E-state index in [0.717, 1.165) is 31.1 Å². The Balaban J connectivity index is 1.57. The minimum atomic E-state index is -0.750. The summed E-state index contributed by atoms with van der Waals surface area (Å²) in [6, 6.07) is 2.21. The van der Waals surface area contributed by atoms with Gasteiger partial charge in [-0.3, -0.25) is 14.4 Å². The molecular formula is C23H30N4O4. The highest BCUT2D eigenvalue weighted by Crippen LogP contribution is 2.31. The third kappa shape index (κ3) is 4.73. The maximum absolute atomic E-state index is 13.3. The molecule has 0 spiro atoms. The Morgan fingerprint density at radius 2 is 1.97 bits per heavy atom. The molecule has 0 unspecified atom stereocenters. The zero-order valence-corrected chi connectivity index (χ0v) is 17.6. The lowest BCUT2D eigenvalue weighted by Gasteiger charge is -2.28. The number of carbonyl (C=O) groups is 3. The van der Waals surface area contributed by atoms with Gasteiger partial charge in [-0.15, -0.1) is 0 Å². The van der Waals surface area contributed by atoms with Crippen LogP contribution in [-0.2, 0) is 14.4 Å². The summed E-state index contributed by atoms with van der Waals surface area (Å²) in [5, 5.41) is 6.38. The van der Waals surface area contributed by atoms with Crippen LogP contribution in [0.15, 0.2) is 29.3 Å². The van der Waals surface area contributed by atoms with E-state index in [9.17, 15) is 19.2 Å². The van der Waals surface area contributed by atoms with Crippen LogP contribution in [0.25, 0.3) is 10.9 Å². The lowest BCUT2D eigenvalue weighted by atomic mass is 9.84. The number of rotatable bonds is 8. The average molecular weight is 427 g/mol. The van der Waals surface area contributed by atoms with E-state index in [-0.39, 0.29) is 29.7 Å². The van der Waals surface area contributed by atoms with Crippen molar-refractivity contribution in [3.05, 3.63) is 34.9 Å². The number of nitrogens with zero attached hydrogens (tertiary/aromatic N) is 1. The van der Waals surface area contributed by atoms with Crippen LogP contribution in [0.1, 0.15) is 57.4 Å². The molecule has 3 atom stereocenters. The number of aromatic nitrogens is 2. The Kier molecular flexibility index (Phi) is 6.53. The van der Waals surface area contributed by atoms with Gasteiger partial charge in [0.1, 0.15) is 17.8 Å². The fourth-order valence-electron chi connectivity index (χ4n) is 5.00. The summed E-state index contributed by atoms with van der Waals surface area (Å²) in [6.45, 7) is 0.596. The van der Waals surface area contributed by atoms with Crippen molar-refractivity contribution in [1.29, 1.82) is 0 Å². The van der Waals surface area contributed by atoms with Crippen molar-refractivity contribution in [2.45, 2.75) is 63.5 Å². The van der Waals surface area contributed by atoms with Crippen molar-refractivity contribution in [1.82, 2.24) is 20.2 Å². The number of amides is 2. The fraction of sp³-hybridized carbons (Fsp3) is 0.565. The molecule has 3 heterocycles. The Morgan fingerprint density at radius 1 is 1.16 bits per heavy atom. The predicted molar refractivity (Wildman–Crippen MR) is 117 cm³/mol. The van der Waals surface area contributed by atoms with Crippen molar-refractivity contribution >= 4 is 29.0 Å². The van der Waals surface area contributed by atoms with Crippen LogP contribution in [0.4, 0.5) is 0 Å². The van der Waals surface area contributed by atoms with Crippen LogP contribution in [0.5, 0.6) is 0 Å². The number of fused-ring (bicyclic) bond motifs is 1. The molecule has 0 bridgehead atoms. The van der Waals surface area contributed by atoms with Crippen molar-refractivity contribution in [3.8, 4) is 0 Å². The lowest BCUT2D eigenvalue weighted by molar-refractivity contribution is -0.128. The van der Waals surface area contributed by atoms with Gasteiger partial charge < -0.3 is 25.0 Å². The van der Waals surface area contributed by atoms with Crippen LogP contribution < -0.4 is 16.2 Å². The molecular weight excluding hydrogens is 396 g/mol. The molecule has 166 valence electrons. The lowest BCUT2D eigenvalue weighted by Crippen LogP contribution is -2.44. The number of carbonyl (C=O) groups excluding carboxylic acids is 3. The number of aldehydes is 1. The molecule has 0 radical (unpaired) electrons. The summed E-state index contributed by atoms with van der Waals surface area (Å²) >= 11 is 0. The maximum Gasteiger partial charge on any atom is 0.275 e. The molecule has 4 rings (SSSR count). The second-order valence-electron chi connectivity index (χ2n) is 8.86. The molecule has 2 aromatic rings. The molecule has 1 aliphatic heterocycles. The van der Waals surface area contributed by atoms with Gasteiger partial charge in [-0.1, -0.05) is 32.1 Å². The van der Waals surface area contributed by atoms with Gasteiger partial charge >= 0.3 is 0 Å².